The molecule has 106 valence electrons. The molecule has 0 atom stereocenters. The van der Waals surface area contributed by atoms with Crippen LogP contribution in [0.4, 0.5) is 0 Å². The number of benzene rings is 1. The van der Waals surface area contributed by atoms with Gasteiger partial charge in [-0.2, -0.15) is 0 Å². The zero-order valence-electron chi connectivity index (χ0n) is 12.1. The van der Waals surface area contributed by atoms with Gasteiger partial charge in [-0.3, -0.25) is 4.98 Å². The zero-order valence-corrected chi connectivity index (χ0v) is 12.9. The van der Waals surface area contributed by atoms with Gasteiger partial charge in [0.15, 0.2) is 0 Å². The summed E-state index contributed by atoms with van der Waals surface area (Å²) in [6.45, 7) is 4.05. The minimum Gasteiger partial charge on any atom is -0.256 e. The lowest BCUT2D eigenvalue weighted by Crippen LogP contribution is -2.00. The third kappa shape index (κ3) is 2.74. The third-order valence-electron chi connectivity index (χ3n) is 3.47. The second-order valence-electron chi connectivity index (χ2n) is 5.07. The SMILES string of the molecule is CCCc1nc(Cl)c(C)c(-c2cnc3ccccc3c2)n1. The number of aryl methyl sites for hydroxylation is 1. The van der Waals surface area contributed by atoms with Crippen LogP contribution >= 0.6 is 11.6 Å². The first-order valence-electron chi connectivity index (χ1n) is 7.07. The largest absolute Gasteiger partial charge is 0.256 e. The van der Waals surface area contributed by atoms with Gasteiger partial charge in [0.25, 0.3) is 0 Å². The van der Waals surface area contributed by atoms with E-state index >= 15 is 0 Å². The summed E-state index contributed by atoms with van der Waals surface area (Å²) in [5.41, 5.74) is 3.73. The first-order chi connectivity index (χ1) is 10.2. The minimum absolute atomic E-state index is 0.525. The molecule has 4 heteroatoms. The quantitative estimate of drug-likeness (QED) is 0.663. The molecule has 0 aliphatic rings. The van der Waals surface area contributed by atoms with Crippen molar-refractivity contribution in [1.29, 1.82) is 0 Å². The van der Waals surface area contributed by atoms with Gasteiger partial charge in [-0.1, -0.05) is 36.7 Å². The molecular weight excluding hydrogens is 282 g/mol. The molecule has 0 radical (unpaired) electrons. The molecule has 0 saturated carbocycles. The summed E-state index contributed by atoms with van der Waals surface area (Å²) in [7, 11) is 0. The lowest BCUT2D eigenvalue weighted by atomic mass is 10.1. The number of fused-ring (bicyclic) bond motifs is 1. The molecule has 0 amide bonds. The van der Waals surface area contributed by atoms with Crippen molar-refractivity contribution < 1.29 is 0 Å². The molecule has 0 aliphatic carbocycles. The Hall–Kier alpha value is -2.00. The Kier molecular flexibility index (Phi) is 3.84. The maximum absolute atomic E-state index is 6.25. The summed E-state index contributed by atoms with van der Waals surface area (Å²) in [5, 5.41) is 1.62. The minimum atomic E-state index is 0.525. The third-order valence-corrected chi connectivity index (χ3v) is 3.84. The van der Waals surface area contributed by atoms with Crippen molar-refractivity contribution in [2.75, 3.05) is 0 Å². The van der Waals surface area contributed by atoms with E-state index in [0.29, 0.717) is 5.15 Å². The van der Waals surface area contributed by atoms with Gasteiger partial charge in [-0.05, 0) is 25.5 Å². The monoisotopic (exact) mass is 297 g/mol. The summed E-state index contributed by atoms with van der Waals surface area (Å²) < 4.78 is 0. The molecule has 0 spiro atoms. The van der Waals surface area contributed by atoms with E-state index in [1.54, 1.807) is 0 Å². The fraction of sp³-hybridized carbons (Fsp3) is 0.235. The van der Waals surface area contributed by atoms with Crippen molar-refractivity contribution in [3.63, 3.8) is 0 Å². The molecular formula is C17H16ClN3. The Labute approximate surface area is 129 Å². The number of pyridine rings is 1. The Morgan fingerprint density at radius 1 is 1.14 bits per heavy atom. The van der Waals surface area contributed by atoms with Crippen LogP contribution in [-0.4, -0.2) is 15.0 Å². The van der Waals surface area contributed by atoms with Gasteiger partial charge < -0.3 is 0 Å². The van der Waals surface area contributed by atoms with Crippen LogP contribution in [-0.2, 0) is 6.42 Å². The van der Waals surface area contributed by atoms with Crippen molar-refractivity contribution in [3.8, 4) is 11.3 Å². The van der Waals surface area contributed by atoms with Gasteiger partial charge in [0.2, 0.25) is 0 Å². The number of rotatable bonds is 3. The van der Waals surface area contributed by atoms with Gasteiger partial charge in [0.1, 0.15) is 11.0 Å². The van der Waals surface area contributed by atoms with Gasteiger partial charge in [-0.25, -0.2) is 9.97 Å². The molecule has 2 aromatic heterocycles. The van der Waals surface area contributed by atoms with E-state index in [1.165, 1.54) is 0 Å². The molecule has 3 nitrogen and oxygen atoms in total. The fourth-order valence-electron chi connectivity index (χ4n) is 2.35. The van der Waals surface area contributed by atoms with Crippen LogP contribution in [0, 0.1) is 6.92 Å². The summed E-state index contributed by atoms with van der Waals surface area (Å²) in [6.07, 6.45) is 3.67. The second kappa shape index (κ2) is 5.78. The number of halogens is 1. The number of aromatic nitrogens is 3. The number of para-hydroxylation sites is 1. The van der Waals surface area contributed by atoms with E-state index < -0.39 is 0 Å². The highest BCUT2D eigenvalue weighted by atomic mass is 35.5. The molecule has 0 fully saturated rings. The molecule has 3 rings (SSSR count). The number of hydrogen-bond acceptors (Lipinski definition) is 3. The molecule has 2 heterocycles. The smallest absolute Gasteiger partial charge is 0.136 e. The summed E-state index contributed by atoms with van der Waals surface area (Å²) in [6, 6.07) is 10.2. The van der Waals surface area contributed by atoms with Crippen molar-refractivity contribution in [2.45, 2.75) is 26.7 Å². The number of nitrogens with zero attached hydrogens (tertiary/aromatic N) is 3. The predicted molar refractivity (Wildman–Crippen MR) is 86.5 cm³/mol. The standard InChI is InChI=1S/C17H16ClN3/c1-3-6-15-20-16(11(2)17(18)21-15)13-9-12-7-4-5-8-14(12)19-10-13/h4-5,7-10H,3,6H2,1-2H3. The highest BCUT2D eigenvalue weighted by Crippen LogP contribution is 2.27. The van der Waals surface area contributed by atoms with Crippen molar-refractivity contribution >= 4 is 22.5 Å². The Bertz CT molecular complexity index is 799. The Balaban J connectivity index is 2.16. The van der Waals surface area contributed by atoms with Crippen molar-refractivity contribution in [1.82, 2.24) is 15.0 Å². The van der Waals surface area contributed by atoms with E-state index in [4.69, 9.17) is 11.6 Å². The van der Waals surface area contributed by atoms with Crippen molar-refractivity contribution in [2.24, 2.45) is 0 Å². The van der Waals surface area contributed by atoms with Crippen LogP contribution in [0.1, 0.15) is 24.7 Å². The van der Waals surface area contributed by atoms with Crippen LogP contribution in [0.2, 0.25) is 5.15 Å². The summed E-state index contributed by atoms with van der Waals surface area (Å²) in [5.74, 6) is 0.788. The Morgan fingerprint density at radius 3 is 2.76 bits per heavy atom. The normalized spacial score (nSPS) is 11.0. The van der Waals surface area contributed by atoms with Crippen LogP contribution < -0.4 is 0 Å². The van der Waals surface area contributed by atoms with E-state index in [1.807, 2.05) is 31.3 Å². The lowest BCUT2D eigenvalue weighted by Gasteiger charge is -2.09. The lowest BCUT2D eigenvalue weighted by molar-refractivity contribution is 0.833. The molecule has 0 N–H and O–H groups in total. The van der Waals surface area contributed by atoms with Gasteiger partial charge >= 0.3 is 0 Å². The van der Waals surface area contributed by atoms with Crippen LogP contribution in [0.25, 0.3) is 22.2 Å². The average molecular weight is 298 g/mol. The van der Waals surface area contributed by atoms with Gasteiger partial charge in [0.05, 0.1) is 11.2 Å². The van der Waals surface area contributed by atoms with Gasteiger partial charge in [0, 0.05) is 29.1 Å². The maximum atomic E-state index is 6.25. The molecule has 0 bridgehead atoms. The zero-order chi connectivity index (χ0) is 14.8. The first-order valence-corrected chi connectivity index (χ1v) is 7.45. The first kappa shape index (κ1) is 14.0. The summed E-state index contributed by atoms with van der Waals surface area (Å²) in [4.78, 5) is 13.5. The second-order valence-corrected chi connectivity index (χ2v) is 5.43. The van der Waals surface area contributed by atoms with Gasteiger partial charge in [-0.15, -0.1) is 0 Å². The molecule has 3 aromatic rings. The average Bonchev–Trinajstić information content (AvgIpc) is 2.50. The summed E-state index contributed by atoms with van der Waals surface area (Å²) >= 11 is 6.25. The predicted octanol–water partition coefficient (Wildman–Crippen LogP) is 4.61. The fourth-order valence-corrected chi connectivity index (χ4v) is 2.54. The van der Waals surface area contributed by atoms with Crippen LogP contribution in [0.15, 0.2) is 36.5 Å². The maximum Gasteiger partial charge on any atom is 0.136 e. The van der Waals surface area contributed by atoms with E-state index in [2.05, 4.69) is 34.0 Å². The topological polar surface area (TPSA) is 38.7 Å². The molecule has 21 heavy (non-hydrogen) atoms. The highest BCUT2D eigenvalue weighted by Gasteiger charge is 2.12. The molecule has 1 aromatic carbocycles. The Morgan fingerprint density at radius 2 is 1.95 bits per heavy atom. The van der Waals surface area contributed by atoms with Crippen LogP contribution in [0.5, 0.6) is 0 Å². The molecule has 0 saturated heterocycles. The highest BCUT2D eigenvalue weighted by molar-refractivity contribution is 6.30. The van der Waals surface area contributed by atoms with E-state index in [0.717, 1.165) is 46.4 Å². The van der Waals surface area contributed by atoms with Crippen molar-refractivity contribution in [3.05, 3.63) is 53.1 Å². The number of hydrogen-bond donors (Lipinski definition) is 0. The molecule has 0 aliphatic heterocycles. The van der Waals surface area contributed by atoms with E-state index in [-0.39, 0.29) is 0 Å². The molecule has 0 unspecified atom stereocenters. The van der Waals surface area contributed by atoms with Crippen LogP contribution in [0.3, 0.4) is 0 Å². The van der Waals surface area contributed by atoms with E-state index in [9.17, 15) is 0 Å².